The highest BCUT2D eigenvalue weighted by Crippen LogP contribution is 2.42. The quantitative estimate of drug-likeness (QED) is 0.196. The Bertz CT molecular complexity index is 1290. The number of ketones is 1. The molecule has 0 bridgehead atoms. The van der Waals surface area contributed by atoms with Crippen molar-refractivity contribution in [2.45, 2.75) is 32.2 Å². The number of carbonyl (C=O) groups excluding carboxylic acids is 2. The summed E-state index contributed by atoms with van der Waals surface area (Å²) in [5, 5.41) is 22.0. The van der Waals surface area contributed by atoms with Crippen LogP contribution in [0.5, 0.6) is 0 Å². The van der Waals surface area contributed by atoms with Crippen molar-refractivity contribution in [3.63, 3.8) is 0 Å². The first-order valence-corrected chi connectivity index (χ1v) is 10.7. The molecule has 0 radical (unpaired) electrons. The van der Waals surface area contributed by atoms with E-state index in [0.717, 1.165) is 5.56 Å². The van der Waals surface area contributed by atoms with Crippen molar-refractivity contribution in [2.24, 2.45) is 0 Å². The van der Waals surface area contributed by atoms with Gasteiger partial charge in [-0.2, -0.15) is 0 Å². The van der Waals surface area contributed by atoms with E-state index in [-0.39, 0.29) is 22.2 Å². The Kier molecular flexibility index (Phi) is 5.75. The number of carbonyl (C=O) groups is 2. The molecule has 1 atom stereocenters. The second kappa shape index (κ2) is 8.55. The van der Waals surface area contributed by atoms with Crippen LogP contribution in [0, 0.1) is 10.1 Å². The van der Waals surface area contributed by atoms with Gasteiger partial charge in [-0.15, -0.1) is 0 Å². The highest BCUT2D eigenvalue weighted by atomic mass is 16.6. The van der Waals surface area contributed by atoms with E-state index in [1.807, 2.05) is 12.1 Å². The summed E-state index contributed by atoms with van der Waals surface area (Å²) in [7, 11) is 0. The molecule has 172 valence electrons. The summed E-state index contributed by atoms with van der Waals surface area (Å²) in [5.41, 5.74) is 1.78. The van der Waals surface area contributed by atoms with Gasteiger partial charge in [-0.3, -0.25) is 29.6 Å². The molecule has 2 aromatic carbocycles. The fourth-order valence-corrected chi connectivity index (χ4v) is 3.93. The summed E-state index contributed by atoms with van der Waals surface area (Å²) in [6.07, 6.45) is 1.55. The van der Waals surface area contributed by atoms with Crippen molar-refractivity contribution in [1.82, 2.24) is 4.98 Å². The average molecular weight is 457 g/mol. The topological polar surface area (TPSA) is 114 Å². The Hall–Kier alpha value is -4.33. The lowest BCUT2D eigenvalue weighted by Crippen LogP contribution is -2.30. The van der Waals surface area contributed by atoms with Crippen molar-refractivity contribution < 1.29 is 19.6 Å². The molecule has 8 nitrogen and oxygen atoms in total. The molecule has 1 fully saturated rings. The van der Waals surface area contributed by atoms with Gasteiger partial charge in [0, 0.05) is 29.6 Å². The predicted octanol–water partition coefficient (Wildman–Crippen LogP) is 4.91. The van der Waals surface area contributed by atoms with Gasteiger partial charge in [-0.1, -0.05) is 39.0 Å². The lowest BCUT2D eigenvalue weighted by molar-refractivity contribution is -0.384. The molecule has 1 N–H and O–H groups in total. The number of anilines is 1. The fourth-order valence-electron chi connectivity index (χ4n) is 3.93. The van der Waals surface area contributed by atoms with Gasteiger partial charge >= 0.3 is 0 Å². The van der Waals surface area contributed by atoms with E-state index in [1.165, 1.54) is 29.2 Å². The van der Waals surface area contributed by atoms with E-state index < -0.39 is 28.4 Å². The van der Waals surface area contributed by atoms with E-state index in [9.17, 15) is 24.8 Å². The first-order chi connectivity index (χ1) is 16.1. The standard InChI is InChI=1S/C26H23N3O5/c1-26(2,3)17-9-13-18(14-10-17)28-22(20-6-4-5-15-27-20)21(24(31)25(28)32)23(30)16-7-11-19(12-8-16)29(33)34/h4-15,22,30H,1-3H3/b23-21-. The Morgan fingerprint density at radius 2 is 1.65 bits per heavy atom. The maximum atomic E-state index is 13.2. The van der Waals surface area contributed by atoms with E-state index in [4.69, 9.17) is 0 Å². The van der Waals surface area contributed by atoms with Crippen LogP contribution in [0.2, 0.25) is 0 Å². The minimum absolute atomic E-state index is 0.0942. The molecule has 3 aromatic rings. The molecule has 1 aliphatic heterocycles. The van der Waals surface area contributed by atoms with Crippen LogP contribution < -0.4 is 4.90 Å². The Morgan fingerprint density at radius 1 is 1.00 bits per heavy atom. The number of aliphatic hydroxyl groups is 1. The van der Waals surface area contributed by atoms with Gasteiger partial charge < -0.3 is 5.11 Å². The van der Waals surface area contributed by atoms with Crippen molar-refractivity contribution in [3.8, 4) is 0 Å². The van der Waals surface area contributed by atoms with E-state index in [0.29, 0.717) is 11.4 Å². The van der Waals surface area contributed by atoms with E-state index in [2.05, 4.69) is 25.8 Å². The molecule has 4 rings (SSSR count). The normalized spacial score (nSPS) is 17.7. The Morgan fingerprint density at radius 3 is 2.18 bits per heavy atom. The van der Waals surface area contributed by atoms with Crippen LogP contribution in [-0.4, -0.2) is 26.7 Å². The number of aromatic nitrogens is 1. The maximum absolute atomic E-state index is 13.2. The highest BCUT2D eigenvalue weighted by molar-refractivity contribution is 6.51. The summed E-state index contributed by atoms with van der Waals surface area (Å²) < 4.78 is 0. The zero-order chi connectivity index (χ0) is 24.6. The molecular formula is C26H23N3O5. The summed E-state index contributed by atoms with van der Waals surface area (Å²) in [6, 6.07) is 16.7. The molecule has 34 heavy (non-hydrogen) atoms. The smallest absolute Gasteiger partial charge is 0.300 e. The minimum Gasteiger partial charge on any atom is -0.507 e. The fraction of sp³-hybridized carbons (Fsp3) is 0.192. The number of nitro benzene ring substituents is 1. The lowest BCUT2D eigenvalue weighted by atomic mass is 9.87. The molecule has 1 unspecified atom stereocenters. The third-order valence-corrected chi connectivity index (χ3v) is 5.78. The lowest BCUT2D eigenvalue weighted by Gasteiger charge is -2.26. The summed E-state index contributed by atoms with van der Waals surface area (Å²) in [6.45, 7) is 6.23. The number of amides is 1. The molecule has 2 heterocycles. The van der Waals surface area contributed by atoms with E-state index in [1.54, 1.807) is 36.5 Å². The van der Waals surface area contributed by atoms with Crippen LogP contribution >= 0.6 is 0 Å². The first-order valence-electron chi connectivity index (χ1n) is 10.7. The van der Waals surface area contributed by atoms with Gasteiger partial charge in [0.05, 0.1) is 16.2 Å². The van der Waals surface area contributed by atoms with Gasteiger partial charge in [-0.25, -0.2) is 0 Å². The number of hydrogen-bond donors (Lipinski definition) is 1. The van der Waals surface area contributed by atoms with E-state index >= 15 is 0 Å². The van der Waals surface area contributed by atoms with Gasteiger partial charge in [-0.05, 0) is 47.4 Å². The Balaban J connectivity index is 1.87. The number of Topliss-reactive ketones (excluding diaryl/α,β-unsaturated/α-hetero) is 1. The van der Waals surface area contributed by atoms with Crippen molar-refractivity contribution in [2.75, 3.05) is 4.90 Å². The van der Waals surface area contributed by atoms with Crippen LogP contribution in [0.3, 0.4) is 0 Å². The molecule has 0 saturated carbocycles. The predicted molar refractivity (Wildman–Crippen MR) is 127 cm³/mol. The zero-order valence-corrected chi connectivity index (χ0v) is 18.9. The summed E-state index contributed by atoms with van der Waals surface area (Å²) in [4.78, 5) is 42.4. The molecule has 1 saturated heterocycles. The number of non-ortho nitro benzene ring substituents is 1. The third-order valence-electron chi connectivity index (χ3n) is 5.78. The third kappa shape index (κ3) is 4.05. The second-order valence-electron chi connectivity index (χ2n) is 9.02. The van der Waals surface area contributed by atoms with Crippen LogP contribution in [0.1, 0.15) is 43.6 Å². The molecule has 1 amide bonds. The number of nitrogens with zero attached hydrogens (tertiary/aromatic N) is 3. The largest absolute Gasteiger partial charge is 0.507 e. The zero-order valence-electron chi connectivity index (χ0n) is 18.9. The molecule has 1 aromatic heterocycles. The SMILES string of the molecule is CC(C)(C)c1ccc(N2C(=O)C(=O)/C(=C(\O)c3ccc([N+](=O)[O-])cc3)C2c2ccccn2)cc1. The number of hydrogen-bond acceptors (Lipinski definition) is 6. The molecule has 0 aliphatic carbocycles. The second-order valence-corrected chi connectivity index (χ2v) is 9.02. The highest BCUT2D eigenvalue weighted by Gasteiger charge is 2.47. The van der Waals surface area contributed by atoms with Crippen LogP contribution in [-0.2, 0) is 15.0 Å². The number of aliphatic hydroxyl groups excluding tert-OH is 1. The number of pyridine rings is 1. The number of rotatable bonds is 4. The number of nitro groups is 1. The van der Waals surface area contributed by atoms with Crippen molar-refractivity contribution >= 4 is 28.8 Å². The summed E-state index contributed by atoms with van der Waals surface area (Å²) >= 11 is 0. The summed E-state index contributed by atoms with van der Waals surface area (Å²) in [5.74, 6) is -2.06. The van der Waals surface area contributed by atoms with Crippen molar-refractivity contribution in [1.29, 1.82) is 0 Å². The van der Waals surface area contributed by atoms with Gasteiger partial charge in [0.1, 0.15) is 11.8 Å². The van der Waals surface area contributed by atoms with Crippen LogP contribution in [0.4, 0.5) is 11.4 Å². The van der Waals surface area contributed by atoms with Gasteiger partial charge in [0.2, 0.25) is 0 Å². The van der Waals surface area contributed by atoms with Gasteiger partial charge in [0.25, 0.3) is 17.4 Å². The molecule has 1 aliphatic rings. The first kappa shape index (κ1) is 22.8. The minimum atomic E-state index is -0.961. The average Bonchev–Trinajstić information content (AvgIpc) is 3.09. The number of benzene rings is 2. The maximum Gasteiger partial charge on any atom is 0.300 e. The van der Waals surface area contributed by atoms with Crippen LogP contribution in [0.15, 0.2) is 78.5 Å². The molecular weight excluding hydrogens is 434 g/mol. The molecule has 8 heteroatoms. The Labute approximate surface area is 196 Å². The molecule has 0 spiro atoms. The van der Waals surface area contributed by atoms with Gasteiger partial charge in [0.15, 0.2) is 0 Å². The van der Waals surface area contributed by atoms with Crippen LogP contribution in [0.25, 0.3) is 5.76 Å². The monoisotopic (exact) mass is 457 g/mol. The van der Waals surface area contributed by atoms with Crippen molar-refractivity contribution in [3.05, 3.63) is 105 Å².